The first-order valence-electron chi connectivity index (χ1n) is 10.7. The van der Waals surface area contributed by atoms with Gasteiger partial charge in [0.25, 0.3) is 5.91 Å². The Hall–Kier alpha value is -1.99. The lowest BCUT2D eigenvalue weighted by atomic mass is 10.1. The Morgan fingerprint density at radius 3 is 2.58 bits per heavy atom. The zero-order valence-electron chi connectivity index (χ0n) is 18.3. The van der Waals surface area contributed by atoms with E-state index in [1.807, 2.05) is 49.9 Å². The summed E-state index contributed by atoms with van der Waals surface area (Å²) in [7, 11) is 0. The molecule has 0 bridgehead atoms. The van der Waals surface area contributed by atoms with E-state index >= 15 is 0 Å². The SMILES string of the molecule is Cc1cc(C)cc(C(=O)N(CCCN2CCOCC2)c2nc3c(C)c(Cl)ccc3s2)c1. The molecular weight excluding hydrogens is 430 g/mol. The quantitative estimate of drug-likeness (QED) is 0.507. The maximum atomic E-state index is 13.6. The van der Waals surface area contributed by atoms with Crippen LogP contribution < -0.4 is 4.90 Å². The van der Waals surface area contributed by atoms with Gasteiger partial charge >= 0.3 is 0 Å². The predicted octanol–water partition coefficient (Wildman–Crippen LogP) is 5.24. The zero-order valence-corrected chi connectivity index (χ0v) is 19.9. The van der Waals surface area contributed by atoms with Crippen LogP contribution in [0.2, 0.25) is 5.02 Å². The van der Waals surface area contributed by atoms with Crippen LogP contribution in [0.5, 0.6) is 0 Å². The van der Waals surface area contributed by atoms with Crippen LogP contribution in [0.25, 0.3) is 10.2 Å². The van der Waals surface area contributed by atoms with Gasteiger partial charge in [-0.15, -0.1) is 0 Å². The fourth-order valence-electron chi connectivity index (χ4n) is 4.02. The molecule has 1 aliphatic heterocycles. The summed E-state index contributed by atoms with van der Waals surface area (Å²) in [6.45, 7) is 11.0. The van der Waals surface area contributed by atoms with E-state index in [1.54, 1.807) is 11.3 Å². The van der Waals surface area contributed by atoms with Gasteiger partial charge in [-0.3, -0.25) is 14.6 Å². The van der Waals surface area contributed by atoms with Crippen molar-refractivity contribution < 1.29 is 9.53 Å². The Balaban J connectivity index is 1.63. The average molecular weight is 458 g/mol. The van der Waals surface area contributed by atoms with Gasteiger partial charge in [-0.1, -0.05) is 40.1 Å². The van der Waals surface area contributed by atoms with Crippen LogP contribution >= 0.6 is 22.9 Å². The first-order chi connectivity index (χ1) is 14.9. The van der Waals surface area contributed by atoms with Crippen LogP contribution in [0.3, 0.4) is 0 Å². The predicted molar refractivity (Wildman–Crippen MR) is 129 cm³/mol. The smallest absolute Gasteiger partial charge is 0.260 e. The summed E-state index contributed by atoms with van der Waals surface area (Å²) in [4.78, 5) is 22.7. The Morgan fingerprint density at radius 1 is 1.16 bits per heavy atom. The monoisotopic (exact) mass is 457 g/mol. The number of hydrogen-bond acceptors (Lipinski definition) is 5. The van der Waals surface area contributed by atoms with E-state index in [0.717, 1.165) is 71.3 Å². The number of halogens is 1. The normalized spacial score (nSPS) is 14.8. The lowest BCUT2D eigenvalue weighted by Gasteiger charge is -2.27. The molecular formula is C24H28ClN3O2S. The van der Waals surface area contributed by atoms with Crippen molar-refractivity contribution in [3.05, 3.63) is 57.6 Å². The number of aryl methyl sites for hydroxylation is 3. The van der Waals surface area contributed by atoms with Crippen molar-refractivity contribution in [1.29, 1.82) is 0 Å². The second-order valence-corrected chi connectivity index (χ2v) is 9.57. The minimum Gasteiger partial charge on any atom is -0.379 e. The number of ether oxygens (including phenoxy) is 1. The molecule has 0 atom stereocenters. The second-order valence-electron chi connectivity index (χ2n) is 8.16. The molecule has 2 heterocycles. The molecule has 2 aromatic carbocycles. The van der Waals surface area contributed by atoms with Gasteiger partial charge in [0.15, 0.2) is 5.13 Å². The molecule has 1 aliphatic rings. The number of nitrogens with zero attached hydrogens (tertiary/aromatic N) is 3. The van der Waals surface area contributed by atoms with Gasteiger partial charge in [-0.25, -0.2) is 4.98 Å². The largest absolute Gasteiger partial charge is 0.379 e. The Labute approximate surface area is 192 Å². The van der Waals surface area contributed by atoms with Gasteiger partial charge in [0.2, 0.25) is 0 Å². The maximum Gasteiger partial charge on any atom is 0.260 e. The summed E-state index contributed by atoms with van der Waals surface area (Å²) in [6.07, 6.45) is 0.881. The number of thiazole rings is 1. The van der Waals surface area contributed by atoms with E-state index in [0.29, 0.717) is 17.1 Å². The molecule has 7 heteroatoms. The number of fused-ring (bicyclic) bond motifs is 1. The van der Waals surface area contributed by atoms with E-state index in [-0.39, 0.29) is 5.91 Å². The van der Waals surface area contributed by atoms with Gasteiger partial charge in [0, 0.05) is 36.8 Å². The minimum absolute atomic E-state index is 0.00316. The van der Waals surface area contributed by atoms with E-state index in [2.05, 4.69) is 11.0 Å². The Morgan fingerprint density at radius 2 is 1.87 bits per heavy atom. The van der Waals surface area contributed by atoms with Crippen LogP contribution in [0.15, 0.2) is 30.3 Å². The van der Waals surface area contributed by atoms with Crippen LogP contribution in [-0.4, -0.2) is 55.2 Å². The highest BCUT2D eigenvalue weighted by Crippen LogP contribution is 2.34. The maximum absolute atomic E-state index is 13.6. The summed E-state index contributed by atoms with van der Waals surface area (Å²) >= 11 is 7.86. The van der Waals surface area contributed by atoms with E-state index in [9.17, 15) is 4.79 Å². The van der Waals surface area contributed by atoms with Crippen LogP contribution in [-0.2, 0) is 4.74 Å². The first kappa shape index (κ1) is 22.2. The number of carbonyl (C=O) groups is 1. The molecule has 1 amide bonds. The third kappa shape index (κ3) is 5.09. The van der Waals surface area contributed by atoms with Crippen molar-refractivity contribution in [3.63, 3.8) is 0 Å². The number of rotatable bonds is 6. The molecule has 31 heavy (non-hydrogen) atoms. The lowest BCUT2D eigenvalue weighted by molar-refractivity contribution is 0.0376. The van der Waals surface area contributed by atoms with E-state index in [4.69, 9.17) is 21.3 Å². The van der Waals surface area contributed by atoms with Gasteiger partial charge in [-0.2, -0.15) is 0 Å². The molecule has 1 fully saturated rings. The number of amides is 1. The number of morpholine rings is 1. The summed E-state index contributed by atoms with van der Waals surface area (Å²) in [5, 5.41) is 1.43. The Kier molecular flexibility index (Phi) is 6.92. The molecule has 5 nitrogen and oxygen atoms in total. The first-order valence-corrected chi connectivity index (χ1v) is 11.9. The molecule has 0 saturated carbocycles. The molecule has 4 rings (SSSR count). The van der Waals surface area contributed by atoms with Crippen LogP contribution in [0.1, 0.15) is 33.5 Å². The van der Waals surface area contributed by atoms with Gasteiger partial charge in [0.05, 0.1) is 23.4 Å². The van der Waals surface area contributed by atoms with Gasteiger partial charge in [0.1, 0.15) is 0 Å². The molecule has 1 saturated heterocycles. The molecule has 1 aromatic heterocycles. The fraction of sp³-hybridized carbons (Fsp3) is 0.417. The molecule has 0 spiro atoms. The van der Waals surface area contributed by atoms with E-state index in [1.165, 1.54) is 0 Å². The lowest BCUT2D eigenvalue weighted by Crippen LogP contribution is -2.39. The average Bonchev–Trinajstić information content (AvgIpc) is 3.18. The number of carbonyl (C=O) groups excluding carboxylic acids is 1. The standard InChI is InChI=1S/C24H28ClN3O2S/c1-16-13-17(2)15-19(14-16)23(29)28(8-4-7-27-9-11-30-12-10-27)24-26-22-18(3)20(25)5-6-21(22)31-24/h5-6,13-15H,4,7-12H2,1-3H3. The zero-order chi connectivity index (χ0) is 22.0. The number of benzene rings is 2. The highest BCUT2D eigenvalue weighted by molar-refractivity contribution is 7.22. The number of aromatic nitrogens is 1. The van der Waals surface area contributed by atoms with Gasteiger partial charge < -0.3 is 4.74 Å². The van der Waals surface area contributed by atoms with Crippen molar-refractivity contribution in [2.24, 2.45) is 0 Å². The third-order valence-electron chi connectivity index (χ3n) is 5.64. The van der Waals surface area contributed by atoms with E-state index < -0.39 is 0 Å². The molecule has 0 aliphatic carbocycles. The Bertz CT molecular complexity index is 1070. The highest BCUT2D eigenvalue weighted by atomic mass is 35.5. The van der Waals surface area contributed by atoms with Crippen LogP contribution in [0.4, 0.5) is 5.13 Å². The molecule has 0 unspecified atom stereocenters. The van der Waals surface area contributed by atoms with Crippen molar-refractivity contribution in [2.45, 2.75) is 27.2 Å². The highest BCUT2D eigenvalue weighted by Gasteiger charge is 2.23. The summed E-state index contributed by atoms with van der Waals surface area (Å²) < 4.78 is 6.49. The fourth-order valence-corrected chi connectivity index (χ4v) is 5.22. The summed E-state index contributed by atoms with van der Waals surface area (Å²) in [5.41, 5.74) is 4.71. The third-order valence-corrected chi connectivity index (χ3v) is 7.09. The number of hydrogen-bond donors (Lipinski definition) is 0. The second kappa shape index (κ2) is 9.65. The topological polar surface area (TPSA) is 45.7 Å². The van der Waals surface area contributed by atoms with Crippen molar-refractivity contribution >= 4 is 44.2 Å². The molecule has 3 aromatic rings. The molecule has 0 N–H and O–H groups in total. The molecule has 164 valence electrons. The van der Waals surface area contributed by atoms with Crippen molar-refractivity contribution in [2.75, 3.05) is 44.3 Å². The van der Waals surface area contributed by atoms with Crippen LogP contribution in [0, 0.1) is 20.8 Å². The van der Waals surface area contributed by atoms with Gasteiger partial charge in [-0.05, 0) is 57.0 Å². The number of anilines is 1. The molecule has 0 radical (unpaired) electrons. The summed E-state index contributed by atoms with van der Waals surface area (Å²) in [5.74, 6) is -0.00316. The van der Waals surface area contributed by atoms with Crippen molar-refractivity contribution in [3.8, 4) is 0 Å². The van der Waals surface area contributed by atoms with Crippen molar-refractivity contribution in [1.82, 2.24) is 9.88 Å². The minimum atomic E-state index is -0.00316. The summed E-state index contributed by atoms with van der Waals surface area (Å²) in [6, 6.07) is 9.89.